The third kappa shape index (κ3) is 3.83. The molecule has 3 aromatic carbocycles. The number of rotatable bonds is 4. The van der Waals surface area contributed by atoms with Crippen LogP contribution >= 0.6 is 0 Å². The van der Waals surface area contributed by atoms with Gasteiger partial charge >= 0.3 is 0 Å². The summed E-state index contributed by atoms with van der Waals surface area (Å²) in [5.41, 5.74) is 1.23. The second-order valence-corrected chi connectivity index (χ2v) is 6.92. The van der Waals surface area contributed by atoms with Crippen LogP contribution in [0.3, 0.4) is 0 Å². The van der Waals surface area contributed by atoms with E-state index in [1.165, 1.54) is 0 Å². The average molecular weight is 418 g/mol. The summed E-state index contributed by atoms with van der Waals surface area (Å²) in [4.78, 5) is 25.6. The maximum Gasteiger partial charge on any atom is 0.269 e. The van der Waals surface area contributed by atoms with Crippen LogP contribution in [0, 0.1) is 0 Å². The van der Waals surface area contributed by atoms with Crippen LogP contribution in [0.2, 0.25) is 0 Å². The highest BCUT2D eigenvalue weighted by molar-refractivity contribution is 6.10. The normalized spacial score (nSPS) is 15.8. The number of para-hydroxylation sites is 3. The van der Waals surface area contributed by atoms with E-state index in [-0.39, 0.29) is 19.3 Å². The van der Waals surface area contributed by atoms with Crippen molar-refractivity contribution in [3.8, 4) is 23.0 Å². The average Bonchev–Trinajstić information content (AvgIpc) is 3.27. The molecule has 8 nitrogen and oxygen atoms in total. The molecule has 0 bridgehead atoms. The summed E-state index contributed by atoms with van der Waals surface area (Å²) in [6.07, 6.45) is -0.833. The van der Waals surface area contributed by atoms with Crippen molar-refractivity contribution in [3.63, 3.8) is 0 Å². The smallest absolute Gasteiger partial charge is 0.269 e. The van der Waals surface area contributed by atoms with Crippen molar-refractivity contribution in [2.24, 2.45) is 0 Å². The topological polar surface area (TPSA) is 95.1 Å². The zero-order valence-electron chi connectivity index (χ0n) is 16.3. The van der Waals surface area contributed by atoms with E-state index < -0.39 is 12.0 Å². The standard InChI is InChI=1S/C23H18N2O6/c26-22(24-14-9-10-18-20(11-14)30-13-29-18)15-5-1-2-6-16(15)25-23(27)21-12-28-17-7-3-4-8-19(17)31-21/h1-11,21H,12-13H2,(H,24,26)(H,25,27). The predicted octanol–water partition coefficient (Wildman–Crippen LogP) is 3.45. The Hall–Kier alpha value is -4.20. The lowest BCUT2D eigenvalue weighted by molar-refractivity contribution is -0.125. The molecule has 0 aliphatic carbocycles. The van der Waals surface area contributed by atoms with Crippen molar-refractivity contribution in [1.82, 2.24) is 0 Å². The van der Waals surface area contributed by atoms with Gasteiger partial charge in [-0.2, -0.15) is 0 Å². The zero-order chi connectivity index (χ0) is 21.2. The van der Waals surface area contributed by atoms with Crippen molar-refractivity contribution in [2.75, 3.05) is 24.0 Å². The van der Waals surface area contributed by atoms with Crippen LogP contribution < -0.4 is 29.6 Å². The number of amides is 2. The van der Waals surface area contributed by atoms with E-state index in [2.05, 4.69) is 10.6 Å². The Balaban J connectivity index is 1.30. The summed E-state index contributed by atoms with van der Waals surface area (Å²) >= 11 is 0. The molecule has 156 valence electrons. The third-order valence-corrected chi connectivity index (χ3v) is 4.86. The number of carbonyl (C=O) groups excluding carboxylic acids is 2. The summed E-state index contributed by atoms with van der Waals surface area (Å²) in [7, 11) is 0. The molecule has 0 saturated carbocycles. The summed E-state index contributed by atoms with van der Waals surface area (Å²) in [6.45, 7) is 0.230. The van der Waals surface area contributed by atoms with E-state index in [0.717, 1.165) is 0 Å². The molecule has 1 atom stereocenters. The van der Waals surface area contributed by atoms with Crippen LogP contribution in [0.25, 0.3) is 0 Å². The van der Waals surface area contributed by atoms with Crippen LogP contribution in [-0.2, 0) is 4.79 Å². The van der Waals surface area contributed by atoms with Crippen LogP contribution in [-0.4, -0.2) is 31.3 Å². The molecule has 5 rings (SSSR count). The molecular weight excluding hydrogens is 400 g/mol. The van der Waals surface area contributed by atoms with E-state index in [4.69, 9.17) is 18.9 Å². The van der Waals surface area contributed by atoms with Crippen LogP contribution in [0.15, 0.2) is 66.7 Å². The summed E-state index contributed by atoms with van der Waals surface area (Å²) < 4.78 is 22.0. The highest BCUT2D eigenvalue weighted by Crippen LogP contribution is 2.34. The molecule has 1 unspecified atom stereocenters. The first-order valence-corrected chi connectivity index (χ1v) is 9.67. The summed E-state index contributed by atoms with van der Waals surface area (Å²) in [5, 5.41) is 5.58. The highest BCUT2D eigenvalue weighted by atomic mass is 16.7. The molecular formula is C23H18N2O6. The molecule has 0 spiro atoms. The van der Waals surface area contributed by atoms with E-state index >= 15 is 0 Å². The maximum atomic E-state index is 12.9. The van der Waals surface area contributed by atoms with Gasteiger partial charge in [-0.3, -0.25) is 9.59 Å². The van der Waals surface area contributed by atoms with Gasteiger partial charge in [0.1, 0.15) is 6.61 Å². The lowest BCUT2D eigenvalue weighted by atomic mass is 10.1. The first-order chi connectivity index (χ1) is 15.2. The second-order valence-electron chi connectivity index (χ2n) is 6.92. The van der Waals surface area contributed by atoms with Crippen molar-refractivity contribution >= 4 is 23.2 Å². The molecule has 0 radical (unpaired) electrons. The number of hydrogen-bond donors (Lipinski definition) is 2. The van der Waals surface area contributed by atoms with Gasteiger partial charge in [0.05, 0.1) is 11.3 Å². The Kier molecular flexibility index (Phi) is 4.80. The lowest BCUT2D eigenvalue weighted by Crippen LogP contribution is -2.40. The zero-order valence-corrected chi connectivity index (χ0v) is 16.3. The molecule has 8 heteroatoms. The van der Waals surface area contributed by atoms with Gasteiger partial charge in [-0.1, -0.05) is 24.3 Å². The monoisotopic (exact) mass is 418 g/mol. The number of anilines is 2. The molecule has 2 aliphatic rings. The van der Waals surface area contributed by atoms with Crippen molar-refractivity contribution in [3.05, 3.63) is 72.3 Å². The van der Waals surface area contributed by atoms with Crippen molar-refractivity contribution < 1.29 is 28.5 Å². The van der Waals surface area contributed by atoms with Gasteiger partial charge in [-0.15, -0.1) is 0 Å². The minimum absolute atomic E-state index is 0.0778. The van der Waals surface area contributed by atoms with Gasteiger partial charge < -0.3 is 29.6 Å². The van der Waals surface area contributed by atoms with Gasteiger partial charge in [0.2, 0.25) is 12.9 Å². The SMILES string of the molecule is O=C(Nc1ccc2c(c1)OCO2)c1ccccc1NC(=O)C1COc2ccccc2O1. The minimum Gasteiger partial charge on any atom is -0.485 e. The summed E-state index contributed by atoms with van der Waals surface area (Å²) in [5.74, 6) is 1.51. The van der Waals surface area contributed by atoms with Crippen LogP contribution in [0.4, 0.5) is 11.4 Å². The van der Waals surface area contributed by atoms with Gasteiger partial charge in [-0.25, -0.2) is 0 Å². The maximum absolute atomic E-state index is 12.9. The van der Waals surface area contributed by atoms with Gasteiger partial charge in [0.25, 0.3) is 11.8 Å². The van der Waals surface area contributed by atoms with E-state index in [1.807, 2.05) is 6.07 Å². The molecule has 0 aromatic heterocycles. The first kappa shape index (κ1) is 18.8. The van der Waals surface area contributed by atoms with E-state index in [9.17, 15) is 9.59 Å². The van der Waals surface area contributed by atoms with Crippen LogP contribution in [0.5, 0.6) is 23.0 Å². The Bertz CT molecular complexity index is 1160. The van der Waals surface area contributed by atoms with Gasteiger partial charge in [0.15, 0.2) is 23.0 Å². The largest absolute Gasteiger partial charge is 0.485 e. The Morgan fingerprint density at radius 1 is 0.774 bits per heavy atom. The van der Waals surface area contributed by atoms with E-state index in [0.29, 0.717) is 39.9 Å². The number of ether oxygens (including phenoxy) is 4. The fraction of sp³-hybridized carbons (Fsp3) is 0.130. The van der Waals surface area contributed by atoms with Crippen LogP contribution in [0.1, 0.15) is 10.4 Å². The number of carbonyl (C=O) groups is 2. The third-order valence-electron chi connectivity index (χ3n) is 4.86. The molecule has 0 saturated heterocycles. The first-order valence-electron chi connectivity index (χ1n) is 9.67. The molecule has 2 amide bonds. The van der Waals surface area contributed by atoms with E-state index in [1.54, 1.807) is 60.7 Å². The number of hydrogen-bond acceptors (Lipinski definition) is 6. The number of nitrogens with one attached hydrogen (secondary N) is 2. The molecule has 2 aliphatic heterocycles. The lowest BCUT2D eigenvalue weighted by Gasteiger charge is -2.25. The predicted molar refractivity (Wildman–Crippen MR) is 112 cm³/mol. The fourth-order valence-electron chi connectivity index (χ4n) is 3.32. The molecule has 2 heterocycles. The molecule has 0 fully saturated rings. The Labute approximate surface area is 177 Å². The Morgan fingerprint density at radius 2 is 1.52 bits per heavy atom. The van der Waals surface area contributed by atoms with Gasteiger partial charge in [0, 0.05) is 11.8 Å². The van der Waals surface area contributed by atoms with Crippen molar-refractivity contribution in [1.29, 1.82) is 0 Å². The van der Waals surface area contributed by atoms with Crippen molar-refractivity contribution in [2.45, 2.75) is 6.10 Å². The summed E-state index contributed by atoms with van der Waals surface area (Å²) in [6, 6.07) is 19.0. The quantitative estimate of drug-likeness (QED) is 0.674. The fourth-order valence-corrected chi connectivity index (χ4v) is 3.32. The van der Waals surface area contributed by atoms with Gasteiger partial charge in [-0.05, 0) is 36.4 Å². The molecule has 3 aromatic rings. The molecule has 31 heavy (non-hydrogen) atoms. The number of benzene rings is 3. The molecule has 2 N–H and O–H groups in total. The second kappa shape index (κ2) is 7.91. The highest BCUT2D eigenvalue weighted by Gasteiger charge is 2.28. The Morgan fingerprint density at radius 3 is 2.42 bits per heavy atom. The number of fused-ring (bicyclic) bond motifs is 2. The minimum atomic E-state index is -0.833.